The Kier molecular flexibility index (Phi) is 10.6. The normalized spacial score (nSPS) is 12.2. The molecule has 9 heteroatoms. The highest BCUT2D eigenvalue weighted by Gasteiger charge is 2.32. The second-order valence-corrected chi connectivity index (χ2v) is 10.5. The van der Waals surface area contributed by atoms with Gasteiger partial charge in [-0.1, -0.05) is 49.4 Å². The predicted octanol–water partition coefficient (Wildman–Crippen LogP) is 3.23. The van der Waals surface area contributed by atoms with Crippen molar-refractivity contribution in [3.63, 3.8) is 0 Å². The number of sulfonamides is 1. The molecule has 0 aliphatic heterocycles. The Hall–Kier alpha value is -3.07. The Morgan fingerprint density at radius 1 is 1.00 bits per heavy atom. The molecule has 192 valence electrons. The Bertz CT molecular complexity index is 1070. The van der Waals surface area contributed by atoms with Gasteiger partial charge in [-0.05, 0) is 51.3 Å². The molecule has 2 aromatic rings. The van der Waals surface area contributed by atoms with Crippen molar-refractivity contribution in [2.45, 2.75) is 52.6 Å². The molecule has 0 aliphatic rings. The molecule has 2 aromatic carbocycles. The highest BCUT2D eigenvalue weighted by atomic mass is 32.2. The molecule has 1 N–H and O–H groups in total. The lowest BCUT2D eigenvalue weighted by Gasteiger charge is -2.33. The molecule has 0 radical (unpaired) electrons. The second kappa shape index (κ2) is 13.1. The van der Waals surface area contributed by atoms with Gasteiger partial charge in [0, 0.05) is 12.6 Å². The van der Waals surface area contributed by atoms with Crippen LogP contribution in [0.2, 0.25) is 0 Å². The first-order chi connectivity index (χ1) is 16.6. The molecule has 0 unspecified atom stereocenters. The summed E-state index contributed by atoms with van der Waals surface area (Å²) in [6.07, 6.45) is 1.99. The van der Waals surface area contributed by atoms with Crippen molar-refractivity contribution in [1.29, 1.82) is 0 Å². The summed E-state index contributed by atoms with van der Waals surface area (Å²) in [6, 6.07) is 15.6. The number of amides is 2. The summed E-state index contributed by atoms with van der Waals surface area (Å²) in [4.78, 5) is 28.1. The Morgan fingerprint density at radius 3 is 2.20 bits per heavy atom. The van der Waals surface area contributed by atoms with Crippen LogP contribution in [0.15, 0.2) is 54.6 Å². The van der Waals surface area contributed by atoms with Gasteiger partial charge in [-0.25, -0.2) is 8.42 Å². The quantitative estimate of drug-likeness (QED) is 0.453. The fourth-order valence-electron chi connectivity index (χ4n) is 3.81. The third kappa shape index (κ3) is 8.28. The molecule has 35 heavy (non-hydrogen) atoms. The van der Waals surface area contributed by atoms with Gasteiger partial charge in [-0.15, -0.1) is 0 Å². The van der Waals surface area contributed by atoms with E-state index < -0.39 is 28.5 Å². The minimum absolute atomic E-state index is 0.0896. The monoisotopic (exact) mass is 503 g/mol. The average Bonchev–Trinajstić information content (AvgIpc) is 2.80. The first-order valence-corrected chi connectivity index (χ1v) is 13.8. The van der Waals surface area contributed by atoms with Gasteiger partial charge in [0.2, 0.25) is 21.8 Å². The van der Waals surface area contributed by atoms with E-state index in [0.29, 0.717) is 25.2 Å². The van der Waals surface area contributed by atoms with E-state index in [4.69, 9.17) is 4.74 Å². The van der Waals surface area contributed by atoms with Crippen molar-refractivity contribution in [2.24, 2.45) is 0 Å². The molecular weight excluding hydrogens is 466 g/mol. The topological polar surface area (TPSA) is 96.0 Å². The largest absolute Gasteiger partial charge is 0.492 e. The number of carbonyl (C=O) groups excluding carboxylic acids is 2. The Morgan fingerprint density at radius 2 is 1.63 bits per heavy atom. The minimum Gasteiger partial charge on any atom is -0.492 e. The van der Waals surface area contributed by atoms with Crippen LogP contribution in [0.3, 0.4) is 0 Å². The lowest BCUT2D eigenvalue weighted by atomic mass is 10.1. The number of para-hydroxylation sites is 2. The van der Waals surface area contributed by atoms with E-state index in [1.165, 1.54) is 4.90 Å². The van der Waals surface area contributed by atoms with Gasteiger partial charge in [-0.2, -0.15) is 0 Å². The summed E-state index contributed by atoms with van der Waals surface area (Å²) in [7, 11) is -3.82. The summed E-state index contributed by atoms with van der Waals surface area (Å²) in [6.45, 7) is 7.54. The second-order valence-electron chi connectivity index (χ2n) is 8.58. The number of anilines is 1. The molecule has 0 spiro atoms. The molecule has 0 saturated heterocycles. The number of rotatable bonds is 13. The van der Waals surface area contributed by atoms with Crippen LogP contribution >= 0.6 is 0 Å². The van der Waals surface area contributed by atoms with E-state index in [1.807, 2.05) is 51.1 Å². The van der Waals surface area contributed by atoms with Gasteiger partial charge < -0.3 is 15.0 Å². The van der Waals surface area contributed by atoms with Crippen LogP contribution in [0.1, 0.15) is 39.7 Å². The molecule has 0 bridgehead atoms. The first-order valence-electron chi connectivity index (χ1n) is 11.9. The van der Waals surface area contributed by atoms with Crippen molar-refractivity contribution in [3.8, 4) is 5.75 Å². The van der Waals surface area contributed by atoms with Crippen LogP contribution in [-0.2, 0) is 26.0 Å². The number of benzene rings is 2. The molecule has 0 heterocycles. The zero-order chi connectivity index (χ0) is 26.0. The highest BCUT2D eigenvalue weighted by Crippen LogP contribution is 2.30. The predicted molar refractivity (Wildman–Crippen MR) is 139 cm³/mol. The van der Waals surface area contributed by atoms with Gasteiger partial charge >= 0.3 is 0 Å². The average molecular weight is 504 g/mol. The zero-order valence-corrected chi connectivity index (χ0v) is 22.0. The lowest BCUT2D eigenvalue weighted by Crippen LogP contribution is -2.54. The summed E-state index contributed by atoms with van der Waals surface area (Å²) in [5.74, 6) is -0.346. The van der Waals surface area contributed by atoms with Gasteiger partial charge in [0.15, 0.2) is 0 Å². The van der Waals surface area contributed by atoms with E-state index >= 15 is 0 Å². The van der Waals surface area contributed by atoms with Crippen molar-refractivity contribution >= 4 is 27.5 Å². The summed E-state index contributed by atoms with van der Waals surface area (Å²) in [5, 5.41) is 2.88. The minimum atomic E-state index is -3.82. The third-order valence-corrected chi connectivity index (χ3v) is 6.54. The van der Waals surface area contributed by atoms with Gasteiger partial charge in [0.05, 0.1) is 18.6 Å². The van der Waals surface area contributed by atoms with Gasteiger partial charge in [0.25, 0.3) is 0 Å². The maximum Gasteiger partial charge on any atom is 0.244 e. The van der Waals surface area contributed by atoms with Crippen molar-refractivity contribution in [2.75, 3.05) is 30.3 Å². The number of nitrogens with zero attached hydrogens (tertiary/aromatic N) is 2. The first kappa shape index (κ1) is 28.2. The Labute approximate surface area is 209 Å². The smallest absolute Gasteiger partial charge is 0.244 e. The van der Waals surface area contributed by atoms with Crippen molar-refractivity contribution in [3.05, 3.63) is 60.2 Å². The van der Waals surface area contributed by atoms with Crippen LogP contribution in [0.5, 0.6) is 5.75 Å². The van der Waals surface area contributed by atoms with Crippen LogP contribution < -0.4 is 14.4 Å². The maximum atomic E-state index is 13.7. The molecule has 0 saturated carbocycles. The van der Waals surface area contributed by atoms with E-state index in [-0.39, 0.29) is 24.2 Å². The standard InChI is InChI=1S/C26H37N3O5S/c1-6-22(26(31)27-20(3)4)28(18-17-21-13-9-8-10-14-21)25(30)19-29(35(5,32)33)23-15-11-12-16-24(23)34-7-2/h8-16,20,22H,6-7,17-19H2,1-5H3,(H,27,31)/t22-/m0/s1. The molecular formula is C26H37N3O5S. The van der Waals surface area contributed by atoms with E-state index in [2.05, 4.69) is 5.32 Å². The molecule has 0 aliphatic carbocycles. The van der Waals surface area contributed by atoms with E-state index in [0.717, 1.165) is 16.1 Å². The van der Waals surface area contributed by atoms with Crippen LogP contribution in [0, 0.1) is 0 Å². The summed E-state index contributed by atoms with van der Waals surface area (Å²) >= 11 is 0. The van der Waals surface area contributed by atoms with Gasteiger partial charge in [0.1, 0.15) is 18.3 Å². The highest BCUT2D eigenvalue weighted by molar-refractivity contribution is 7.92. The number of ether oxygens (including phenoxy) is 1. The van der Waals surface area contributed by atoms with Crippen LogP contribution in [-0.4, -0.2) is 63.2 Å². The molecule has 0 aromatic heterocycles. The van der Waals surface area contributed by atoms with Gasteiger partial charge in [-0.3, -0.25) is 13.9 Å². The SMILES string of the molecule is CCOc1ccccc1N(CC(=O)N(CCc1ccccc1)[C@@H](CC)C(=O)NC(C)C)S(C)(=O)=O. The number of carbonyl (C=O) groups is 2. The van der Waals surface area contributed by atoms with Crippen molar-refractivity contribution in [1.82, 2.24) is 10.2 Å². The Balaban J connectivity index is 2.41. The fourth-order valence-corrected chi connectivity index (χ4v) is 4.67. The summed E-state index contributed by atoms with van der Waals surface area (Å²) in [5.41, 5.74) is 1.30. The lowest BCUT2D eigenvalue weighted by molar-refractivity contribution is -0.139. The molecule has 1 atom stereocenters. The van der Waals surface area contributed by atoms with E-state index in [9.17, 15) is 18.0 Å². The number of nitrogens with one attached hydrogen (secondary N) is 1. The molecule has 0 fully saturated rings. The van der Waals surface area contributed by atoms with Crippen LogP contribution in [0.25, 0.3) is 0 Å². The number of hydrogen-bond acceptors (Lipinski definition) is 5. The number of hydrogen-bond donors (Lipinski definition) is 1. The molecule has 8 nitrogen and oxygen atoms in total. The van der Waals surface area contributed by atoms with Crippen molar-refractivity contribution < 1.29 is 22.7 Å². The van der Waals surface area contributed by atoms with E-state index in [1.54, 1.807) is 31.2 Å². The maximum absolute atomic E-state index is 13.7. The third-order valence-electron chi connectivity index (χ3n) is 5.41. The fraction of sp³-hybridized carbons (Fsp3) is 0.462. The van der Waals surface area contributed by atoms with Crippen LogP contribution in [0.4, 0.5) is 5.69 Å². The summed E-state index contributed by atoms with van der Waals surface area (Å²) < 4.78 is 32.2. The molecule has 2 rings (SSSR count). The molecule has 2 amide bonds. The zero-order valence-electron chi connectivity index (χ0n) is 21.2.